The zero-order valence-corrected chi connectivity index (χ0v) is 9.61. The number of halogens is 1. The van der Waals surface area contributed by atoms with E-state index in [1.54, 1.807) is 18.2 Å². The Hall–Kier alpha value is -1.10. The summed E-state index contributed by atoms with van der Waals surface area (Å²) in [5.41, 5.74) is 0.756. The van der Waals surface area contributed by atoms with Crippen LogP contribution in [0.4, 0.5) is 0 Å². The van der Waals surface area contributed by atoms with Crippen molar-refractivity contribution in [3.8, 4) is 0 Å². The fourth-order valence-electron chi connectivity index (χ4n) is 1.15. The van der Waals surface area contributed by atoms with E-state index in [1.807, 2.05) is 6.07 Å². The Kier molecular flexibility index (Phi) is 5.25. The maximum absolute atomic E-state index is 10.8. The molecular formula is C11H13ClO4. The Morgan fingerprint density at radius 2 is 2.19 bits per heavy atom. The van der Waals surface area contributed by atoms with Crippen molar-refractivity contribution in [2.24, 2.45) is 0 Å². The Balaban J connectivity index is 2.55. The Morgan fingerprint density at radius 1 is 1.50 bits per heavy atom. The van der Waals surface area contributed by atoms with Gasteiger partial charge in [0.05, 0.1) is 13.2 Å². The molecule has 1 unspecified atom stereocenters. The van der Waals surface area contributed by atoms with Crippen LogP contribution in [0.3, 0.4) is 0 Å². The third-order valence-electron chi connectivity index (χ3n) is 1.99. The van der Waals surface area contributed by atoms with Gasteiger partial charge in [0, 0.05) is 12.1 Å². The number of carboxylic acids is 1. The van der Waals surface area contributed by atoms with Crippen LogP contribution in [0.2, 0.25) is 5.02 Å². The molecule has 0 heterocycles. The van der Waals surface area contributed by atoms with Crippen LogP contribution in [0.25, 0.3) is 0 Å². The van der Waals surface area contributed by atoms with Crippen molar-refractivity contribution in [3.63, 3.8) is 0 Å². The average molecular weight is 245 g/mol. The fraction of sp³-hybridized carbons (Fsp3) is 0.364. The first-order chi connectivity index (χ1) is 7.65. The predicted molar refractivity (Wildman–Crippen MR) is 59.5 cm³/mol. The van der Waals surface area contributed by atoms with Gasteiger partial charge < -0.3 is 14.6 Å². The van der Waals surface area contributed by atoms with Gasteiger partial charge in [0.25, 0.3) is 0 Å². The third-order valence-corrected chi connectivity index (χ3v) is 2.36. The number of carboxylic acid groups (broad SMARTS) is 1. The Morgan fingerprint density at radius 3 is 2.75 bits per heavy atom. The molecule has 0 radical (unpaired) electrons. The molecule has 1 rings (SSSR count). The van der Waals surface area contributed by atoms with Crippen molar-refractivity contribution < 1.29 is 19.4 Å². The van der Waals surface area contributed by atoms with Crippen LogP contribution in [-0.2, 0) is 20.9 Å². The maximum atomic E-state index is 10.8. The van der Waals surface area contributed by atoms with Crippen LogP contribution < -0.4 is 0 Å². The van der Waals surface area contributed by atoms with Gasteiger partial charge in [0.1, 0.15) is 0 Å². The number of benzene rings is 1. The zero-order chi connectivity index (χ0) is 12.0. The quantitative estimate of drug-likeness (QED) is 0.831. The van der Waals surface area contributed by atoms with Crippen LogP contribution in [0.5, 0.6) is 0 Å². The van der Waals surface area contributed by atoms with E-state index in [9.17, 15) is 4.79 Å². The minimum atomic E-state index is -1.05. The minimum absolute atomic E-state index is 0.0137. The normalized spacial score (nSPS) is 12.4. The van der Waals surface area contributed by atoms with Crippen molar-refractivity contribution in [3.05, 3.63) is 34.9 Å². The first-order valence-corrected chi connectivity index (χ1v) is 5.09. The summed E-state index contributed by atoms with van der Waals surface area (Å²) in [5.74, 6) is -1.05. The molecule has 1 aromatic rings. The van der Waals surface area contributed by atoms with Gasteiger partial charge in [-0.3, -0.25) is 0 Å². The number of rotatable bonds is 6. The van der Waals surface area contributed by atoms with Crippen LogP contribution >= 0.6 is 11.6 Å². The lowest BCUT2D eigenvalue weighted by Crippen LogP contribution is -2.28. The van der Waals surface area contributed by atoms with Gasteiger partial charge in [-0.1, -0.05) is 29.8 Å². The van der Waals surface area contributed by atoms with E-state index < -0.39 is 12.1 Å². The van der Waals surface area contributed by atoms with Gasteiger partial charge in [0.15, 0.2) is 6.10 Å². The molecule has 1 atom stereocenters. The molecule has 0 aromatic heterocycles. The molecule has 0 aliphatic rings. The summed E-state index contributed by atoms with van der Waals surface area (Å²) >= 11 is 5.91. The standard InChI is InChI=1S/C11H13ClO4/c1-15-7-10(11(13)14)16-6-8-4-2-3-5-9(8)12/h2-5,10H,6-7H2,1H3,(H,13,14). The van der Waals surface area contributed by atoms with Gasteiger partial charge in [-0.15, -0.1) is 0 Å². The van der Waals surface area contributed by atoms with Crippen LogP contribution in [0, 0.1) is 0 Å². The number of carbonyl (C=O) groups is 1. The number of aliphatic carboxylic acids is 1. The molecule has 0 aliphatic carbocycles. The predicted octanol–water partition coefficient (Wildman–Crippen LogP) is 1.96. The number of methoxy groups -OCH3 is 1. The first kappa shape index (κ1) is 13.0. The van der Waals surface area contributed by atoms with Gasteiger partial charge in [0.2, 0.25) is 0 Å². The zero-order valence-electron chi connectivity index (χ0n) is 8.85. The smallest absolute Gasteiger partial charge is 0.335 e. The minimum Gasteiger partial charge on any atom is -0.479 e. The highest BCUT2D eigenvalue weighted by molar-refractivity contribution is 6.31. The van der Waals surface area contributed by atoms with E-state index in [0.717, 1.165) is 5.56 Å². The highest BCUT2D eigenvalue weighted by atomic mass is 35.5. The van der Waals surface area contributed by atoms with Crippen molar-refractivity contribution in [2.45, 2.75) is 12.7 Å². The topological polar surface area (TPSA) is 55.8 Å². The SMILES string of the molecule is COCC(OCc1ccccc1Cl)C(=O)O. The Labute approximate surface area is 98.7 Å². The highest BCUT2D eigenvalue weighted by Gasteiger charge is 2.18. The second kappa shape index (κ2) is 6.48. The van der Waals surface area contributed by atoms with Gasteiger partial charge >= 0.3 is 5.97 Å². The molecule has 0 saturated heterocycles. The monoisotopic (exact) mass is 244 g/mol. The fourth-order valence-corrected chi connectivity index (χ4v) is 1.34. The van der Waals surface area contributed by atoms with Gasteiger partial charge in [-0.05, 0) is 11.6 Å². The average Bonchev–Trinajstić information content (AvgIpc) is 2.26. The molecule has 0 spiro atoms. The summed E-state index contributed by atoms with van der Waals surface area (Å²) in [6.45, 7) is 0.166. The van der Waals surface area contributed by atoms with E-state index in [4.69, 9.17) is 26.2 Å². The molecule has 0 saturated carbocycles. The molecule has 16 heavy (non-hydrogen) atoms. The highest BCUT2D eigenvalue weighted by Crippen LogP contribution is 2.16. The summed E-state index contributed by atoms with van der Waals surface area (Å²) in [6.07, 6.45) is -0.971. The third kappa shape index (κ3) is 3.81. The maximum Gasteiger partial charge on any atom is 0.335 e. The molecule has 1 N–H and O–H groups in total. The van der Waals surface area contributed by atoms with E-state index in [0.29, 0.717) is 5.02 Å². The molecule has 1 aromatic carbocycles. The van der Waals surface area contributed by atoms with Crippen LogP contribution in [0.1, 0.15) is 5.56 Å². The van der Waals surface area contributed by atoms with Crippen LogP contribution in [-0.4, -0.2) is 30.9 Å². The molecule has 4 nitrogen and oxygen atoms in total. The molecule has 0 aliphatic heterocycles. The molecule has 0 amide bonds. The summed E-state index contributed by atoms with van der Waals surface area (Å²) in [6, 6.07) is 7.13. The summed E-state index contributed by atoms with van der Waals surface area (Å²) in [4.78, 5) is 10.8. The van der Waals surface area contributed by atoms with Gasteiger partial charge in [-0.25, -0.2) is 4.79 Å². The summed E-state index contributed by atoms with van der Waals surface area (Å²) in [7, 11) is 1.43. The lowest BCUT2D eigenvalue weighted by Gasteiger charge is -2.13. The number of hydrogen-bond acceptors (Lipinski definition) is 3. The van der Waals surface area contributed by atoms with Crippen molar-refractivity contribution in [2.75, 3.05) is 13.7 Å². The largest absolute Gasteiger partial charge is 0.479 e. The molecule has 5 heteroatoms. The molecule has 0 bridgehead atoms. The Bertz CT molecular complexity index is 354. The lowest BCUT2D eigenvalue weighted by molar-refractivity contribution is -0.154. The summed E-state index contributed by atoms with van der Waals surface area (Å²) in [5, 5.41) is 9.37. The number of hydrogen-bond donors (Lipinski definition) is 1. The van der Waals surface area contributed by atoms with E-state index in [2.05, 4.69) is 0 Å². The van der Waals surface area contributed by atoms with Crippen molar-refractivity contribution in [1.82, 2.24) is 0 Å². The first-order valence-electron chi connectivity index (χ1n) is 4.72. The molecule has 0 fully saturated rings. The van der Waals surface area contributed by atoms with E-state index >= 15 is 0 Å². The molecule has 88 valence electrons. The van der Waals surface area contributed by atoms with Crippen molar-refractivity contribution >= 4 is 17.6 Å². The van der Waals surface area contributed by atoms with E-state index in [-0.39, 0.29) is 13.2 Å². The van der Waals surface area contributed by atoms with E-state index in [1.165, 1.54) is 7.11 Å². The van der Waals surface area contributed by atoms with Crippen molar-refractivity contribution in [1.29, 1.82) is 0 Å². The van der Waals surface area contributed by atoms with Crippen LogP contribution in [0.15, 0.2) is 24.3 Å². The lowest BCUT2D eigenvalue weighted by atomic mass is 10.2. The molecular weight excluding hydrogens is 232 g/mol. The second-order valence-corrected chi connectivity index (χ2v) is 3.59. The van der Waals surface area contributed by atoms with Gasteiger partial charge in [-0.2, -0.15) is 0 Å². The summed E-state index contributed by atoms with van der Waals surface area (Å²) < 4.78 is 9.95. The number of ether oxygens (including phenoxy) is 2. The second-order valence-electron chi connectivity index (χ2n) is 3.18.